The summed E-state index contributed by atoms with van der Waals surface area (Å²) in [5.41, 5.74) is 1.60. The second-order valence-electron chi connectivity index (χ2n) is 5.63. The fourth-order valence-corrected chi connectivity index (χ4v) is 5.12. The van der Waals surface area contributed by atoms with E-state index < -0.39 is 10.0 Å². The molecule has 5 heteroatoms. The highest BCUT2D eigenvalue weighted by molar-refractivity contribution is 7.88. The van der Waals surface area contributed by atoms with Gasteiger partial charge in [-0.05, 0) is 36.3 Å². The third-order valence-electron chi connectivity index (χ3n) is 4.27. The van der Waals surface area contributed by atoms with Crippen molar-refractivity contribution in [1.29, 1.82) is 0 Å². The molecule has 1 saturated heterocycles. The van der Waals surface area contributed by atoms with Crippen LogP contribution in [0.5, 0.6) is 0 Å². The van der Waals surface area contributed by atoms with Gasteiger partial charge in [0.25, 0.3) is 0 Å². The molecule has 2 atom stereocenters. The van der Waals surface area contributed by atoms with Crippen LogP contribution in [0.1, 0.15) is 30.4 Å². The first-order chi connectivity index (χ1) is 9.08. The zero-order chi connectivity index (χ0) is 13.5. The van der Waals surface area contributed by atoms with E-state index in [-0.39, 0.29) is 18.4 Å². The summed E-state index contributed by atoms with van der Waals surface area (Å²) in [4.78, 5) is 0. The summed E-state index contributed by atoms with van der Waals surface area (Å²) in [6.45, 7) is 0.699. The first kappa shape index (κ1) is 13.1. The van der Waals surface area contributed by atoms with Gasteiger partial charge in [-0.1, -0.05) is 24.3 Å². The van der Waals surface area contributed by atoms with Crippen molar-refractivity contribution < 1.29 is 13.5 Å². The molecule has 1 aliphatic carbocycles. The normalized spacial score (nSPS) is 27.0. The van der Waals surface area contributed by atoms with Crippen LogP contribution in [-0.2, 0) is 22.4 Å². The van der Waals surface area contributed by atoms with Gasteiger partial charge in [0, 0.05) is 12.6 Å². The fourth-order valence-electron chi connectivity index (χ4n) is 3.25. The van der Waals surface area contributed by atoms with Crippen LogP contribution >= 0.6 is 0 Å². The van der Waals surface area contributed by atoms with Gasteiger partial charge in [0.2, 0.25) is 10.0 Å². The van der Waals surface area contributed by atoms with Crippen LogP contribution in [0.15, 0.2) is 24.3 Å². The number of hydrogen-bond acceptors (Lipinski definition) is 3. The number of benzene rings is 1. The van der Waals surface area contributed by atoms with Crippen molar-refractivity contribution in [2.24, 2.45) is 5.92 Å². The number of nitrogens with zero attached hydrogens (tertiary/aromatic N) is 1. The van der Waals surface area contributed by atoms with E-state index in [1.165, 1.54) is 6.42 Å². The van der Waals surface area contributed by atoms with Gasteiger partial charge in [-0.15, -0.1) is 0 Å². The van der Waals surface area contributed by atoms with Crippen LogP contribution in [0.3, 0.4) is 0 Å². The van der Waals surface area contributed by atoms with Crippen molar-refractivity contribution in [1.82, 2.24) is 4.31 Å². The van der Waals surface area contributed by atoms with E-state index in [1.807, 2.05) is 0 Å². The van der Waals surface area contributed by atoms with E-state index in [0.29, 0.717) is 12.5 Å². The molecule has 2 aliphatic rings. The lowest BCUT2D eigenvalue weighted by molar-refractivity contribution is 0.282. The third kappa shape index (κ3) is 2.55. The van der Waals surface area contributed by atoms with Crippen LogP contribution < -0.4 is 0 Å². The van der Waals surface area contributed by atoms with Gasteiger partial charge in [-0.3, -0.25) is 0 Å². The Balaban J connectivity index is 1.74. The predicted octanol–water partition coefficient (Wildman–Crippen LogP) is 1.49. The molecule has 0 radical (unpaired) electrons. The average molecular weight is 281 g/mol. The van der Waals surface area contributed by atoms with E-state index in [4.69, 9.17) is 5.11 Å². The van der Waals surface area contributed by atoms with Crippen molar-refractivity contribution in [3.63, 3.8) is 0 Å². The third-order valence-corrected chi connectivity index (χ3v) is 6.13. The molecule has 1 saturated carbocycles. The lowest BCUT2D eigenvalue weighted by Crippen LogP contribution is -2.38. The maximum Gasteiger partial charge on any atom is 0.218 e. The molecule has 104 valence electrons. The van der Waals surface area contributed by atoms with Crippen molar-refractivity contribution in [3.05, 3.63) is 35.4 Å². The number of rotatable bonds is 4. The molecular weight excluding hydrogens is 262 g/mol. The summed E-state index contributed by atoms with van der Waals surface area (Å²) in [5, 5.41) is 8.98. The molecule has 1 N–H and O–H groups in total. The van der Waals surface area contributed by atoms with E-state index in [1.54, 1.807) is 28.6 Å². The summed E-state index contributed by atoms with van der Waals surface area (Å²) in [5.74, 6) is 0.651. The number of piperidine rings is 1. The monoisotopic (exact) mass is 281 g/mol. The zero-order valence-electron chi connectivity index (χ0n) is 10.8. The van der Waals surface area contributed by atoms with Crippen LogP contribution in [0, 0.1) is 5.92 Å². The van der Waals surface area contributed by atoms with Gasteiger partial charge in [-0.25, -0.2) is 8.42 Å². The van der Waals surface area contributed by atoms with Crippen molar-refractivity contribution in [3.8, 4) is 0 Å². The molecule has 19 heavy (non-hydrogen) atoms. The quantitative estimate of drug-likeness (QED) is 0.909. The van der Waals surface area contributed by atoms with Gasteiger partial charge in [0.1, 0.15) is 0 Å². The molecule has 0 aromatic heterocycles. The summed E-state index contributed by atoms with van der Waals surface area (Å²) >= 11 is 0. The Morgan fingerprint density at radius 1 is 1.16 bits per heavy atom. The van der Waals surface area contributed by atoms with E-state index in [2.05, 4.69) is 0 Å². The molecule has 4 nitrogen and oxygen atoms in total. The number of fused-ring (bicyclic) bond motifs is 2. The maximum absolute atomic E-state index is 12.4. The molecule has 1 aliphatic heterocycles. The smallest absolute Gasteiger partial charge is 0.218 e. The van der Waals surface area contributed by atoms with Crippen LogP contribution in [0.25, 0.3) is 0 Å². The van der Waals surface area contributed by atoms with Gasteiger partial charge in [0.15, 0.2) is 0 Å². The Morgan fingerprint density at radius 2 is 1.84 bits per heavy atom. The Kier molecular flexibility index (Phi) is 3.37. The minimum Gasteiger partial charge on any atom is -0.392 e. The maximum atomic E-state index is 12.4. The number of aliphatic hydroxyl groups excluding tert-OH is 1. The zero-order valence-corrected chi connectivity index (χ0v) is 11.6. The molecule has 0 amide bonds. The SMILES string of the molecule is O=S(=O)(Cc1ccc(CO)cc1)N1CC2CCC1C2. The predicted molar refractivity (Wildman–Crippen MR) is 72.8 cm³/mol. The number of hydrogen-bond donors (Lipinski definition) is 1. The highest BCUT2D eigenvalue weighted by atomic mass is 32.2. The van der Waals surface area contributed by atoms with Gasteiger partial charge in [0.05, 0.1) is 12.4 Å². The highest BCUT2D eigenvalue weighted by Gasteiger charge is 2.43. The van der Waals surface area contributed by atoms with Crippen molar-refractivity contribution >= 4 is 10.0 Å². The lowest BCUT2D eigenvalue weighted by atomic mass is 10.1. The second kappa shape index (κ2) is 4.89. The van der Waals surface area contributed by atoms with E-state index in [0.717, 1.165) is 24.0 Å². The highest BCUT2D eigenvalue weighted by Crippen LogP contribution is 2.39. The molecule has 3 rings (SSSR count). The summed E-state index contributed by atoms with van der Waals surface area (Å²) in [6, 6.07) is 7.38. The molecular formula is C14H19NO3S. The van der Waals surface area contributed by atoms with Gasteiger partial charge >= 0.3 is 0 Å². The molecule has 2 unspecified atom stereocenters. The number of sulfonamides is 1. The minimum absolute atomic E-state index is 0.0110. The van der Waals surface area contributed by atoms with Crippen LogP contribution in [0.4, 0.5) is 0 Å². The molecule has 1 aromatic carbocycles. The first-order valence-corrected chi connectivity index (χ1v) is 8.37. The van der Waals surface area contributed by atoms with Crippen LogP contribution in [0.2, 0.25) is 0 Å². The molecule has 2 bridgehead atoms. The van der Waals surface area contributed by atoms with E-state index >= 15 is 0 Å². The topological polar surface area (TPSA) is 57.6 Å². The molecule has 0 spiro atoms. The Hall–Kier alpha value is -0.910. The summed E-state index contributed by atoms with van der Waals surface area (Å²) in [6.07, 6.45) is 3.25. The second-order valence-corrected chi connectivity index (χ2v) is 7.55. The largest absolute Gasteiger partial charge is 0.392 e. The van der Waals surface area contributed by atoms with Crippen molar-refractivity contribution in [2.75, 3.05) is 6.54 Å². The Morgan fingerprint density at radius 3 is 2.37 bits per heavy atom. The standard InChI is InChI=1S/C14H19NO3S/c16-9-11-1-3-12(4-2-11)10-19(17,18)15-8-13-5-6-14(15)7-13/h1-4,13-14,16H,5-10H2. The average Bonchev–Trinajstić information content (AvgIpc) is 3.02. The van der Waals surface area contributed by atoms with Gasteiger partial charge < -0.3 is 5.11 Å². The van der Waals surface area contributed by atoms with Crippen molar-refractivity contribution in [2.45, 2.75) is 37.7 Å². The van der Waals surface area contributed by atoms with Gasteiger partial charge in [-0.2, -0.15) is 4.31 Å². The lowest BCUT2D eigenvalue weighted by Gasteiger charge is -2.26. The minimum atomic E-state index is -3.19. The van der Waals surface area contributed by atoms with E-state index in [9.17, 15) is 8.42 Å². The molecule has 1 heterocycles. The Bertz CT molecular complexity index is 553. The molecule has 1 aromatic rings. The summed E-state index contributed by atoms with van der Waals surface area (Å²) < 4.78 is 26.6. The Labute approximate surface area is 114 Å². The summed E-state index contributed by atoms with van der Waals surface area (Å²) in [7, 11) is -3.19. The number of aliphatic hydroxyl groups is 1. The first-order valence-electron chi connectivity index (χ1n) is 6.76. The van der Waals surface area contributed by atoms with Crippen LogP contribution in [-0.4, -0.2) is 30.4 Å². The molecule has 2 fully saturated rings. The fraction of sp³-hybridized carbons (Fsp3) is 0.571.